The van der Waals surface area contributed by atoms with Crippen LogP contribution in [-0.2, 0) is 0 Å². The van der Waals surface area contributed by atoms with Crippen molar-refractivity contribution in [2.24, 2.45) is 0 Å². The topological polar surface area (TPSA) is 27.9 Å². The van der Waals surface area contributed by atoms with E-state index in [1.807, 2.05) is 42.5 Å². The van der Waals surface area contributed by atoms with Crippen LogP contribution in [0, 0.1) is 0 Å². The van der Waals surface area contributed by atoms with Gasteiger partial charge >= 0.3 is 0 Å². The lowest BCUT2D eigenvalue weighted by Gasteiger charge is -2.34. The Hall–Kier alpha value is -1.07. The van der Waals surface area contributed by atoms with Crippen molar-refractivity contribution in [3.63, 3.8) is 0 Å². The van der Waals surface area contributed by atoms with Gasteiger partial charge in [-0.15, -0.1) is 0 Å². The third kappa shape index (κ3) is 4.48. The van der Waals surface area contributed by atoms with Gasteiger partial charge in [-0.05, 0) is 35.9 Å². The van der Waals surface area contributed by atoms with Gasteiger partial charge in [-0.1, -0.05) is 45.7 Å². The molecule has 3 nitrogen and oxygen atoms in total. The fourth-order valence-electron chi connectivity index (χ4n) is 3.03. The maximum absolute atomic E-state index is 10.4. The van der Waals surface area contributed by atoms with Gasteiger partial charge in [0.2, 0.25) is 0 Å². The highest BCUT2D eigenvalue weighted by molar-refractivity contribution is 9.10. The molecule has 1 atom stereocenters. The number of benzene rings is 2. The molecule has 2 aromatic carbocycles. The Balaban J connectivity index is 1.54. The summed E-state index contributed by atoms with van der Waals surface area (Å²) in [5.74, 6) is 0. The number of hydrogen-bond donors (Lipinski definition) is 2. The lowest BCUT2D eigenvalue weighted by Crippen LogP contribution is -3.15. The molecule has 3 rings (SSSR count). The van der Waals surface area contributed by atoms with Crippen LogP contribution in [0.5, 0.6) is 0 Å². The van der Waals surface area contributed by atoms with Crippen molar-refractivity contribution in [1.82, 2.24) is 0 Å². The fraction of sp³-hybridized carbons (Fsp3) is 0.333. The molecule has 1 heterocycles. The predicted octanol–water partition coefficient (Wildman–Crippen LogP) is 2.54. The SMILES string of the molecule is O[C@@H](C[NH+]1CCN(c2cccc(Cl)c2)CC1)c1ccc(Br)cc1. The van der Waals surface area contributed by atoms with Gasteiger partial charge in [0.15, 0.2) is 0 Å². The van der Waals surface area contributed by atoms with Crippen LogP contribution in [0.25, 0.3) is 0 Å². The number of nitrogens with one attached hydrogen (secondary N) is 1. The average molecular weight is 397 g/mol. The number of nitrogens with zero attached hydrogens (tertiary/aromatic N) is 1. The van der Waals surface area contributed by atoms with Crippen LogP contribution in [0.3, 0.4) is 0 Å². The fourth-order valence-corrected chi connectivity index (χ4v) is 3.48. The summed E-state index contributed by atoms with van der Waals surface area (Å²) in [5, 5.41) is 11.2. The minimum Gasteiger partial charge on any atom is -0.382 e. The molecule has 0 saturated carbocycles. The summed E-state index contributed by atoms with van der Waals surface area (Å²) in [7, 11) is 0. The zero-order valence-electron chi connectivity index (χ0n) is 12.9. The minimum absolute atomic E-state index is 0.407. The summed E-state index contributed by atoms with van der Waals surface area (Å²) in [6, 6.07) is 15.9. The molecule has 0 radical (unpaired) electrons. The molecule has 0 spiro atoms. The van der Waals surface area contributed by atoms with E-state index in [1.165, 1.54) is 10.6 Å². The van der Waals surface area contributed by atoms with Crippen LogP contribution in [0.4, 0.5) is 5.69 Å². The van der Waals surface area contributed by atoms with Crippen molar-refractivity contribution < 1.29 is 10.0 Å². The van der Waals surface area contributed by atoms with Gasteiger partial charge in [0.25, 0.3) is 0 Å². The molecule has 0 aliphatic carbocycles. The summed E-state index contributed by atoms with van der Waals surface area (Å²) in [6.07, 6.45) is -0.407. The first-order valence-corrected chi connectivity index (χ1v) is 9.06. The lowest BCUT2D eigenvalue weighted by atomic mass is 10.1. The summed E-state index contributed by atoms with van der Waals surface area (Å²) in [5.41, 5.74) is 2.17. The molecule has 1 aliphatic rings. The van der Waals surface area contributed by atoms with E-state index in [0.717, 1.165) is 47.8 Å². The first kappa shape index (κ1) is 16.8. The first-order valence-electron chi connectivity index (χ1n) is 7.89. The van der Waals surface area contributed by atoms with Crippen molar-refractivity contribution in [1.29, 1.82) is 0 Å². The smallest absolute Gasteiger partial charge is 0.128 e. The Morgan fingerprint density at radius 3 is 2.48 bits per heavy atom. The molecular formula is C18H21BrClN2O+. The molecule has 23 heavy (non-hydrogen) atoms. The van der Waals surface area contributed by atoms with Gasteiger partial charge in [-0.25, -0.2) is 0 Å². The van der Waals surface area contributed by atoms with Crippen molar-refractivity contribution in [2.45, 2.75) is 6.10 Å². The maximum Gasteiger partial charge on any atom is 0.128 e. The van der Waals surface area contributed by atoms with Gasteiger partial charge in [0.1, 0.15) is 12.6 Å². The van der Waals surface area contributed by atoms with Gasteiger partial charge in [0, 0.05) is 15.2 Å². The van der Waals surface area contributed by atoms with Crippen LogP contribution < -0.4 is 9.80 Å². The Morgan fingerprint density at radius 2 is 1.83 bits per heavy atom. The van der Waals surface area contributed by atoms with Gasteiger partial charge < -0.3 is 14.9 Å². The average Bonchev–Trinajstić information content (AvgIpc) is 2.56. The van der Waals surface area contributed by atoms with Gasteiger partial charge in [-0.3, -0.25) is 0 Å². The minimum atomic E-state index is -0.407. The summed E-state index contributed by atoms with van der Waals surface area (Å²) in [4.78, 5) is 3.81. The van der Waals surface area contributed by atoms with E-state index in [2.05, 4.69) is 26.9 Å². The molecule has 0 amide bonds. The van der Waals surface area contributed by atoms with Gasteiger partial charge in [0.05, 0.1) is 26.2 Å². The molecule has 1 fully saturated rings. The van der Waals surface area contributed by atoms with Crippen LogP contribution in [0.1, 0.15) is 11.7 Å². The second-order valence-corrected chi connectivity index (χ2v) is 7.34. The number of anilines is 1. The zero-order valence-corrected chi connectivity index (χ0v) is 15.2. The van der Waals surface area contributed by atoms with Crippen LogP contribution in [0.15, 0.2) is 53.0 Å². The van der Waals surface area contributed by atoms with E-state index in [9.17, 15) is 5.11 Å². The van der Waals surface area contributed by atoms with E-state index >= 15 is 0 Å². The molecule has 1 aliphatic heterocycles. The Bertz CT molecular complexity index is 642. The number of aliphatic hydroxyl groups excluding tert-OH is 1. The van der Waals surface area contributed by atoms with E-state index in [-0.39, 0.29) is 0 Å². The highest BCUT2D eigenvalue weighted by Gasteiger charge is 2.23. The van der Waals surface area contributed by atoms with Crippen LogP contribution >= 0.6 is 27.5 Å². The molecule has 0 aromatic heterocycles. The van der Waals surface area contributed by atoms with Crippen molar-refractivity contribution in [3.8, 4) is 0 Å². The number of quaternary nitrogens is 1. The number of piperazine rings is 1. The molecule has 0 unspecified atom stereocenters. The molecule has 0 bridgehead atoms. The van der Waals surface area contributed by atoms with Crippen LogP contribution in [0.2, 0.25) is 5.02 Å². The second kappa shape index (κ2) is 7.67. The normalized spacial score (nSPS) is 17.3. The van der Waals surface area contributed by atoms with Gasteiger partial charge in [-0.2, -0.15) is 0 Å². The predicted molar refractivity (Wildman–Crippen MR) is 98.3 cm³/mol. The maximum atomic E-state index is 10.4. The van der Waals surface area contributed by atoms with E-state index in [0.29, 0.717) is 0 Å². The number of halogens is 2. The second-order valence-electron chi connectivity index (χ2n) is 5.99. The van der Waals surface area contributed by atoms with Crippen molar-refractivity contribution >= 4 is 33.2 Å². The van der Waals surface area contributed by atoms with Crippen molar-refractivity contribution in [2.75, 3.05) is 37.6 Å². The molecular weight excluding hydrogens is 376 g/mol. The Labute approximate surface area is 150 Å². The third-order valence-electron chi connectivity index (χ3n) is 4.38. The number of hydrogen-bond acceptors (Lipinski definition) is 2. The first-order chi connectivity index (χ1) is 11.1. The number of rotatable bonds is 4. The quantitative estimate of drug-likeness (QED) is 0.831. The number of aliphatic hydroxyl groups is 1. The van der Waals surface area contributed by atoms with Crippen LogP contribution in [-0.4, -0.2) is 37.8 Å². The highest BCUT2D eigenvalue weighted by atomic mass is 79.9. The van der Waals surface area contributed by atoms with Crippen molar-refractivity contribution in [3.05, 3.63) is 63.6 Å². The Kier molecular flexibility index (Phi) is 5.59. The molecule has 122 valence electrons. The van der Waals surface area contributed by atoms with E-state index in [4.69, 9.17) is 11.6 Å². The van der Waals surface area contributed by atoms with E-state index in [1.54, 1.807) is 0 Å². The molecule has 2 N–H and O–H groups in total. The molecule has 5 heteroatoms. The highest BCUT2D eigenvalue weighted by Crippen LogP contribution is 2.19. The summed E-state index contributed by atoms with van der Waals surface area (Å²) < 4.78 is 1.04. The molecule has 2 aromatic rings. The standard InChI is InChI=1S/C18H20BrClN2O/c19-15-6-4-14(5-7-15)18(23)13-21-8-10-22(11-9-21)17-3-1-2-16(20)12-17/h1-7,12,18,23H,8-11,13H2/p+1/t18-/m0/s1. The largest absolute Gasteiger partial charge is 0.382 e. The monoisotopic (exact) mass is 395 g/mol. The zero-order chi connectivity index (χ0) is 16.2. The molecule has 1 saturated heterocycles. The summed E-state index contributed by atoms with van der Waals surface area (Å²) >= 11 is 9.50. The lowest BCUT2D eigenvalue weighted by molar-refractivity contribution is -0.904. The Morgan fingerprint density at radius 1 is 1.13 bits per heavy atom. The third-order valence-corrected chi connectivity index (χ3v) is 5.14. The summed E-state index contributed by atoms with van der Waals surface area (Å²) in [6.45, 7) is 4.79. The van der Waals surface area contributed by atoms with E-state index < -0.39 is 6.10 Å².